The zero-order valence-corrected chi connectivity index (χ0v) is 17.9. The summed E-state index contributed by atoms with van der Waals surface area (Å²) in [5.41, 5.74) is 2.93. The molecule has 1 aliphatic carbocycles. The minimum absolute atomic E-state index is 0.0340. The van der Waals surface area contributed by atoms with Crippen LogP contribution in [0.15, 0.2) is 48.5 Å². The normalized spacial score (nSPS) is 25.4. The molecule has 2 heterocycles. The Bertz CT molecular complexity index is 988. The van der Waals surface area contributed by atoms with Crippen LogP contribution in [0.3, 0.4) is 0 Å². The van der Waals surface area contributed by atoms with E-state index in [1.165, 1.54) is 12.1 Å². The largest absolute Gasteiger partial charge is 0.394 e. The van der Waals surface area contributed by atoms with Crippen molar-refractivity contribution in [3.8, 4) is 11.1 Å². The van der Waals surface area contributed by atoms with Crippen molar-refractivity contribution in [3.63, 3.8) is 0 Å². The molecule has 0 aromatic heterocycles. The average Bonchev–Trinajstić information content (AvgIpc) is 3.29. The van der Waals surface area contributed by atoms with Crippen molar-refractivity contribution in [3.05, 3.63) is 59.9 Å². The number of aliphatic hydroxyl groups is 1. The number of hydrogen-bond donors (Lipinski definition) is 2. The summed E-state index contributed by atoms with van der Waals surface area (Å²) in [6.45, 7) is 0.411. The number of nitrogens with zero attached hydrogens (tertiary/aromatic N) is 2. The topological polar surface area (TPSA) is 72.9 Å². The third-order valence-electron chi connectivity index (χ3n) is 7.20. The third kappa shape index (κ3) is 3.75. The third-order valence-corrected chi connectivity index (χ3v) is 7.20. The van der Waals surface area contributed by atoms with E-state index in [0.29, 0.717) is 6.54 Å². The van der Waals surface area contributed by atoms with Crippen molar-refractivity contribution in [1.29, 1.82) is 0 Å². The molecule has 6 nitrogen and oxygen atoms in total. The van der Waals surface area contributed by atoms with Crippen molar-refractivity contribution >= 4 is 11.9 Å². The molecule has 5 rings (SSSR count). The number of rotatable bonds is 4. The SMILES string of the molecule is O=C(NC1CCCC1)N1CC(=O)N2[C@H](C1)[C@H](c1ccc(-c3ccc(F)cc3)cc1)[C@@H]2CO. The number of fused-ring (bicyclic) bond motifs is 1. The van der Waals surface area contributed by atoms with E-state index in [0.717, 1.165) is 42.4 Å². The molecule has 168 valence electrons. The Kier molecular flexibility index (Phi) is 5.59. The van der Waals surface area contributed by atoms with E-state index in [2.05, 4.69) is 5.32 Å². The first-order chi connectivity index (χ1) is 15.5. The van der Waals surface area contributed by atoms with Crippen molar-refractivity contribution in [2.45, 2.75) is 49.7 Å². The fourth-order valence-corrected chi connectivity index (χ4v) is 5.53. The Labute approximate surface area is 187 Å². The first-order valence-corrected chi connectivity index (χ1v) is 11.4. The van der Waals surface area contributed by atoms with E-state index < -0.39 is 0 Å². The molecule has 0 radical (unpaired) electrons. The van der Waals surface area contributed by atoms with E-state index >= 15 is 0 Å². The Balaban J connectivity index is 1.32. The Morgan fingerprint density at radius 3 is 2.28 bits per heavy atom. The van der Waals surface area contributed by atoms with Gasteiger partial charge in [0.2, 0.25) is 5.91 Å². The fourth-order valence-electron chi connectivity index (χ4n) is 5.53. The summed E-state index contributed by atoms with van der Waals surface area (Å²) in [4.78, 5) is 28.9. The number of urea groups is 1. The molecule has 0 bridgehead atoms. The van der Waals surface area contributed by atoms with Crippen LogP contribution in [0.4, 0.5) is 9.18 Å². The molecule has 3 aliphatic rings. The summed E-state index contributed by atoms with van der Waals surface area (Å²) >= 11 is 0. The molecular weight excluding hydrogens is 409 g/mol. The van der Waals surface area contributed by atoms with Crippen LogP contribution in [0.5, 0.6) is 0 Å². The van der Waals surface area contributed by atoms with E-state index in [1.54, 1.807) is 21.9 Å². The molecule has 3 amide bonds. The summed E-state index contributed by atoms with van der Waals surface area (Å²) in [6.07, 6.45) is 4.26. The Morgan fingerprint density at radius 2 is 1.66 bits per heavy atom. The molecule has 2 saturated heterocycles. The van der Waals surface area contributed by atoms with Gasteiger partial charge in [0.25, 0.3) is 0 Å². The van der Waals surface area contributed by atoms with Gasteiger partial charge in [-0.2, -0.15) is 0 Å². The van der Waals surface area contributed by atoms with Gasteiger partial charge in [0.05, 0.1) is 18.7 Å². The van der Waals surface area contributed by atoms with Gasteiger partial charge >= 0.3 is 6.03 Å². The van der Waals surface area contributed by atoms with Gasteiger partial charge in [-0.1, -0.05) is 49.2 Å². The molecule has 1 saturated carbocycles. The predicted molar refractivity (Wildman–Crippen MR) is 118 cm³/mol. The van der Waals surface area contributed by atoms with E-state index in [1.807, 2.05) is 24.3 Å². The zero-order valence-electron chi connectivity index (χ0n) is 17.9. The fraction of sp³-hybridized carbons (Fsp3) is 0.440. The Morgan fingerprint density at radius 1 is 1.03 bits per heavy atom. The molecule has 2 aliphatic heterocycles. The number of carbonyl (C=O) groups excluding carboxylic acids is 2. The van der Waals surface area contributed by atoms with Gasteiger partial charge in [-0.25, -0.2) is 9.18 Å². The number of piperazine rings is 1. The maximum atomic E-state index is 13.2. The first-order valence-electron chi connectivity index (χ1n) is 11.4. The summed E-state index contributed by atoms with van der Waals surface area (Å²) in [6, 6.07) is 14.0. The van der Waals surface area contributed by atoms with E-state index in [9.17, 15) is 19.1 Å². The van der Waals surface area contributed by atoms with Crippen LogP contribution >= 0.6 is 0 Å². The van der Waals surface area contributed by atoms with Crippen LogP contribution < -0.4 is 5.32 Å². The van der Waals surface area contributed by atoms with Gasteiger partial charge in [-0.05, 0) is 41.7 Å². The van der Waals surface area contributed by atoms with Gasteiger partial charge in [0, 0.05) is 18.5 Å². The number of hydrogen-bond acceptors (Lipinski definition) is 3. The van der Waals surface area contributed by atoms with Gasteiger partial charge in [-0.3, -0.25) is 4.79 Å². The summed E-state index contributed by atoms with van der Waals surface area (Å²) in [7, 11) is 0. The molecule has 2 aromatic rings. The molecule has 7 heteroatoms. The van der Waals surface area contributed by atoms with Crippen molar-refractivity contribution in [2.24, 2.45) is 0 Å². The van der Waals surface area contributed by atoms with Gasteiger partial charge in [-0.15, -0.1) is 0 Å². The molecule has 0 unspecified atom stereocenters. The highest BCUT2D eigenvalue weighted by molar-refractivity contribution is 5.87. The smallest absolute Gasteiger partial charge is 0.318 e. The predicted octanol–water partition coefficient (Wildman–Crippen LogP) is 3.12. The second kappa shape index (κ2) is 8.54. The Hall–Kier alpha value is -2.93. The zero-order chi connectivity index (χ0) is 22.2. The van der Waals surface area contributed by atoms with Crippen LogP contribution in [0.1, 0.15) is 37.2 Å². The average molecular weight is 438 g/mol. The van der Waals surface area contributed by atoms with Crippen LogP contribution in [-0.2, 0) is 4.79 Å². The molecule has 2 aromatic carbocycles. The minimum atomic E-state index is -0.274. The van der Waals surface area contributed by atoms with Crippen molar-refractivity contribution in [2.75, 3.05) is 19.7 Å². The van der Waals surface area contributed by atoms with Crippen molar-refractivity contribution < 1.29 is 19.1 Å². The number of amides is 3. The highest BCUT2D eigenvalue weighted by Gasteiger charge is 2.54. The lowest BCUT2D eigenvalue weighted by molar-refractivity contribution is -0.159. The number of halogens is 1. The van der Waals surface area contributed by atoms with Crippen LogP contribution in [0.25, 0.3) is 11.1 Å². The molecule has 3 fully saturated rings. The monoisotopic (exact) mass is 437 g/mol. The maximum absolute atomic E-state index is 13.2. The van der Waals surface area contributed by atoms with Gasteiger partial charge < -0.3 is 20.2 Å². The maximum Gasteiger partial charge on any atom is 0.318 e. The molecule has 3 atom stereocenters. The van der Waals surface area contributed by atoms with Crippen LogP contribution in [0.2, 0.25) is 0 Å². The second-order valence-electron chi connectivity index (χ2n) is 9.08. The van der Waals surface area contributed by atoms with Gasteiger partial charge in [0.1, 0.15) is 12.4 Å². The highest BCUT2D eigenvalue weighted by atomic mass is 19.1. The number of nitrogens with one attached hydrogen (secondary N) is 1. The summed E-state index contributed by atoms with van der Waals surface area (Å²) in [5, 5.41) is 13.1. The van der Waals surface area contributed by atoms with Crippen molar-refractivity contribution in [1.82, 2.24) is 15.1 Å². The lowest BCUT2D eigenvalue weighted by Gasteiger charge is -2.58. The quantitative estimate of drug-likeness (QED) is 0.772. The summed E-state index contributed by atoms with van der Waals surface area (Å²) in [5.74, 6) is -0.413. The molecular formula is C25H28FN3O3. The van der Waals surface area contributed by atoms with Crippen LogP contribution in [0, 0.1) is 5.82 Å². The molecule has 32 heavy (non-hydrogen) atoms. The first kappa shape index (κ1) is 20.9. The molecule has 2 N–H and O–H groups in total. The van der Waals surface area contributed by atoms with E-state index in [-0.39, 0.29) is 55.0 Å². The standard InChI is InChI=1S/C25H28FN3O3/c26-19-11-9-17(10-12-19)16-5-7-18(8-6-16)24-21-13-28(14-23(31)29(21)22(24)15-30)25(32)27-20-3-1-2-4-20/h5-12,20-22,24,30H,1-4,13-15H2,(H,27,32)/t21-,22+,24+/m1/s1. The second-order valence-corrected chi connectivity index (χ2v) is 9.08. The number of aliphatic hydroxyl groups excluding tert-OH is 1. The number of benzene rings is 2. The molecule has 0 spiro atoms. The lowest BCUT2D eigenvalue weighted by atomic mass is 9.73. The van der Waals surface area contributed by atoms with E-state index in [4.69, 9.17) is 0 Å². The minimum Gasteiger partial charge on any atom is -0.394 e. The highest BCUT2D eigenvalue weighted by Crippen LogP contribution is 2.43. The lowest BCUT2D eigenvalue weighted by Crippen LogP contribution is -2.74. The number of carbonyl (C=O) groups is 2. The summed E-state index contributed by atoms with van der Waals surface area (Å²) < 4.78 is 13.2. The van der Waals surface area contributed by atoms with Crippen LogP contribution in [-0.4, -0.2) is 64.7 Å². The van der Waals surface area contributed by atoms with Gasteiger partial charge in [0.15, 0.2) is 0 Å².